The summed E-state index contributed by atoms with van der Waals surface area (Å²) >= 11 is 0. The highest BCUT2D eigenvalue weighted by atomic mass is 16.4. The third-order valence-corrected chi connectivity index (χ3v) is 7.61. The van der Waals surface area contributed by atoms with Crippen LogP contribution in [0.3, 0.4) is 0 Å². The molecule has 1 aromatic rings. The molecule has 7 heteroatoms. The average molecular weight is 609 g/mol. The van der Waals surface area contributed by atoms with Crippen LogP contribution in [0, 0.1) is 0 Å². The summed E-state index contributed by atoms with van der Waals surface area (Å²) < 4.78 is 5.82. The summed E-state index contributed by atoms with van der Waals surface area (Å²) in [5.74, 6) is 0.685. The van der Waals surface area contributed by atoms with Crippen molar-refractivity contribution in [1.29, 1.82) is 0 Å². The number of carboxylic acids is 2. The van der Waals surface area contributed by atoms with Crippen molar-refractivity contribution < 1.29 is 34.4 Å². The summed E-state index contributed by atoms with van der Waals surface area (Å²) in [4.78, 5) is 20.7. The Balaban J connectivity index is 0.000000821. The van der Waals surface area contributed by atoms with Crippen molar-refractivity contribution in [2.45, 2.75) is 180 Å². The average Bonchev–Trinajstić information content (AvgIpc) is 3.42. The summed E-state index contributed by atoms with van der Waals surface area (Å²) in [6.07, 6.45) is 26.3. The van der Waals surface area contributed by atoms with Crippen molar-refractivity contribution in [1.82, 2.24) is 0 Å². The standard InChI is InChI=1S/C18H34O4.C18H30O3/c1-2-3-4-5-6-8-11-16(19)14-15-17(20)12-9-7-10-13-18(21)22;1-2-3-4-5-6-8-11-16-14-15-17(21-16)12-9-7-10-13-18(19)20/h14-17,19-20H,2-13H2,1H3,(H,21,22);14-15H,2-13H2,1H3,(H,19,20)/b15-14+;. The van der Waals surface area contributed by atoms with Crippen LogP contribution in [0.5, 0.6) is 0 Å². The van der Waals surface area contributed by atoms with E-state index in [4.69, 9.17) is 14.6 Å². The lowest BCUT2D eigenvalue weighted by Gasteiger charge is -2.08. The summed E-state index contributed by atoms with van der Waals surface area (Å²) in [7, 11) is 0. The van der Waals surface area contributed by atoms with Crippen molar-refractivity contribution in [3.8, 4) is 0 Å². The first-order valence-corrected chi connectivity index (χ1v) is 17.3. The summed E-state index contributed by atoms with van der Waals surface area (Å²) in [6, 6.07) is 4.17. The lowest BCUT2D eigenvalue weighted by atomic mass is 10.1. The molecule has 7 nitrogen and oxygen atoms in total. The number of aliphatic hydroxyl groups excluding tert-OH is 2. The van der Waals surface area contributed by atoms with Gasteiger partial charge in [0.25, 0.3) is 0 Å². The Hall–Kier alpha value is -2.12. The maximum absolute atomic E-state index is 10.4. The third-order valence-electron chi connectivity index (χ3n) is 7.61. The Kier molecular flexibility index (Phi) is 28.5. The molecule has 0 aliphatic heterocycles. The SMILES string of the molecule is CCCCCCCCC(O)/C=C/C(O)CCCCCC(=O)O.CCCCCCCCc1ccc(CCCCCC(=O)O)o1. The Morgan fingerprint density at radius 1 is 0.581 bits per heavy atom. The fourth-order valence-electron chi connectivity index (χ4n) is 4.91. The maximum atomic E-state index is 10.4. The number of hydrogen-bond acceptors (Lipinski definition) is 5. The van der Waals surface area contributed by atoms with Crippen molar-refractivity contribution >= 4 is 11.9 Å². The minimum atomic E-state index is -0.765. The van der Waals surface area contributed by atoms with E-state index in [1.807, 2.05) is 0 Å². The van der Waals surface area contributed by atoms with Crippen molar-refractivity contribution in [3.05, 3.63) is 35.8 Å². The van der Waals surface area contributed by atoms with Gasteiger partial charge in [0.15, 0.2) is 0 Å². The zero-order chi connectivity index (χ0) is 32.0. The van der Waals surface area contributed by atoms with E-state index in [-0.39, 0.29) is 12.8 Å². The second kappa shape index (κ2) is 29.9. The predicted octanol–water partition coefficient (Wildman–Crippen LogP) is 9.42. The van der Waals surface area contributed by atoms with E-state index in [1.54, 1.807) is 12.2 Å². The molecule has 0 aromatic carbocycles. The highest BCUT2D eigenvalue weighted by Gasteiger charge is 2.05. The lowest BCUT2D eigenvalue weighted by molar-refractivity contribution is -0.138. The second-order valence-electron chi connectivity index (χ2n) is 11.9. The van der Waals surface area contributed by atoms with Gasteiger partial charge >= 0.3 is 11.9 Å². The van der Waals surface area contributed by atoms with Gasteiger partial charge in [-0.2, -0.15) is 0 Å². The number of hydrogen-bond donors (Lipinski definition) is 4. The van der Waals surface area contributed by atoms with E-state index in [0.717, 1.165) is 75.7 Å². The smallest absolute Gasteiger partial charge is 0.303 e. The summed E-state index contributed by atoms with van der Waals surface area (Å²) in [5.41, 5.74) is 0. The van der Waals surface area contributed by atoms with Gasteiger partial charge in [-0.25, -0.2) is 0 Å². The van der Waals surface area contributed by atoms with E-state index in [1.165, 1.54) is 64.2 Å². The van der Waals surface area contributed by atoms with Gasteiger partial charge in [0.05, 0.1) is 12.2 Å². The van der Waals surface area contributed by atoms with Crippen LogP contribution in [-0.4, -0.2) is 44.6 Å². The molecule has 0 saturated carbocycles. The van der Waals surface area contributed by atoms with Gasteiger partial charge in [0, 0.05) is 25.7 Å². The summed E-state index contributed by atoms with van der Waals surface area (Å²) in [5, 5.41) is 36.6. The van der Waals surface area contributed by atoms with E-state index in [0.29, 0.717) is 12.8 Å². The number of aliphatic hydroxyl groups is 2. The first-order chi connectivity index (χ1) is 20.8. The molecule has 1 aromatic heterocycles. The fraction of sp³-hybridized carbons (Fsp3) is 0.778. The van der Waals surface area contributed by atoms with E-state index in [9.17, 15) is 19.8 Å². The Morgan fingerprint density at radius 2 is 0.930 bits per heavy atom. The highest BCUT2D eigenvalue weighted by molar-refractivity contribution is 5.66. The molecular weight excluding hydrogens is 544 g/mol. The van der Waals surface area contributed by atoms with E-state index in [2.05, 4.69) is 26.0 Å². The number of unbranched alkanes of at least 4 members (excludes halogenated alkanes) is 14. The topological polar surface area (TPSA) is 128 Å². The monoisotopic (exact) mass is 608 g/mol. The third kappa shape index (κ3) is 29.7. The van der Waals surface area contributed by atoms with Gasteiger partial charge in [0.1, 0.15) is 11.5 Å². The van der Waals surface area contributed by atoms with Crippen LogP contribution < -0.4 is 0 Å². The molecule has 0 saturated heterocycles. The van der Waals surface area contributed by atoms with Gasteiger partial charge in [-0.15, -0.1) is 0 Å². The maximum Gasteiger partial charge on any atom is 0.303 e. The zero-order valence-corrected chi connectivity index (χ0v) is 27.4. The van der Waals surface area contributed by atoms with Crippen LogP contribution in [-0.2, 0) is 22.4 Å². The number of carbonyl (C=O) groups is 2. The zero-order valence-electron chi connectivity index (χ0n) is 27.4. The first-order valence-electron chi connectivity index (χ1n) is 17.3. The Bertz CT molecular complexity index is 801. The quantitative estimate of drug-likeness (QED) is 0.0551. The van der Waals surface area contributed by atoms with Gasteiger partial charge < -0.3 is 24.8 Å². The minimum absolute atomic E-state index is 0.197. The normalized spacial score (nSPS) is 12.7. The Morgan fingerprint density at radius 3 is 1.35 bits per heavy atom. The van der Waals surface area contributed by atoms with Crippen LogP contribution in [0.15, 0.2) is 28.7 Å². The molecule has 0 aliphatic carbocycles. The van der Waals surface area contributed by atoms with E-state index < -0.39 is 24.1 Å². The van der Waals surface area contributed by atoms with Crippen molar-refractivity contribution in [3.63, 3.8) is 0 Å². The second-order valence-corrected chi connectivity index (χ2v) is 11.9. The Labute approximate surface area is 262 Å². The molecule has 2 atom stereocenters. The number of aryl methyl sites for hydroxylation is 2. The molecule has 0 radical (unpaired) electrons. The molecule has 43 heavy (non-hydrogen) atoms. The van der Waals surface area contributed by atoms with E-state index >= 15 is 0 Å². The van der Waals surface area contributed by atoms with Gasteiger partial charge in [-0.05, 0) is 50.7 Å². The molecule has 1 heterocycles. The predicted molar refractivity (Wildman–Crippen MR) is 175 cm³/mol. The molecule has 1 rings (SSSR count). The first kappa shape index (κ1) is 40.9. The number of furan rings is 1. The van der Waals surface area contributed by atoms with Crippen LogP contribution in [0.4, 0.5) is 0 Å². The highest BCUT2D eigenvalue weighted by Crippen LogP contribution is 2.16. The number of carboxylic acid groups (broad SMARTS) is 2. The lowest BCUT2D eigenvalue weighted by Crippen LogP contribution is -2.07. The largest absolute Gasteiger partial charge is 0.481 e. The molecule has 2 unspecified atom stereocenters. The fourth-order valence-corrected chi connectivity index (χ4v) is 4.91. The molecule has 4 N–H and O–H groups in total. The van der Waals surface area contributed by atoms with Crippen molar-refractivity contribution in [2.24, 2.45) is 0 Å². The molecule has 250 valence electrons. The van der Waals surface area contributed by atoms with Crippen molar-refractivity contribution in [2.75, 3.05) is 0 Å². The van der Waals surface area contributed by atoms with Crippen LogP contribution in [0.2, 0.25) is 0 Å². The van der Waals surface area contributed by atoms with Crippen LogP contribution in [0.25, 0.3) is 0 Å². The minimum Gasteiger partial charge on any atom is -0.481 e. The molecule has 0 aliphatic rings. The molecule has 0 bridgehead atoms. The van der Waals surface area contributed by atoms with Gasteiger partial charge in [-0.3, -0.25) is 9.59 Å². The number of rotatable bonds is 28. The molecule has 0 amide bonds. The van der Waals surface area contributed by atoms with Gasteiger partial charge in [-0.1, -0.05) is 116 Å². The number of aliphatic carboxylic acids is 2. The molecular formula is C36H64O7. The molecule has 0 spiro atoms. The van der Waals surface area contributed by atoms with Crippen LogP contribution >= 0.6 is 0 Å². The van der Waals surface area contributed by atoms with Crippen LogP contribution in [0.1, 0.15) is 167 Å². The van der Waals surface area contributed by atoms with Gasteiger partial charge in [0.2, 0.25) is 0 Å². The summed E-state index contributed by atoms with van der Waals surface area (Å²) in [6.45, 7) is 4.44. The molecule has 0 fully saturated rings.